The van der Waals surface area contributed by atoms with Crippen molar-refractivity contribution in [2.75, 3.05) is 0 Å². The summed E-state index contributed by atoms with van der Waals surface area (Å²) >= 11 is 32.6. The van der Waals surface area contributed by atoms with Crippen LogP contribution in [0.2, 0.25) is 20.1 Å². The summed E-state index contributed by atoms with van der Waals surface area (Å²) < 4.78 is 2.86. The summed E-state index contributed by atoms with van der Waals surface area (Å²) in [5.41, 5.74) is 5.77. The van der Waals surface area contributed by atoms with Crippen LogP contribution in [0.15, 0.2) is 54.6 Å². The van der Waals surface area contributed by atoms with Crippen LogP contribution < -0.4 is 0 Å². The number of thiazole rings is 1. The summed E-state index contributed by atoms with van der Waals surface area (Å²) in [5.74, 6) is 0. The zero-order valence-electron chi connectivity index (χ0n) is 16.0. The first-order valence-corrected chi connectivity index (χ1v) is 11.7. The van der Waals surface area contributed by atoms with E-state index in [1.165, 1.54) is 0 Å². The Balaban J connectivity index is 2.13. The normalized spacial score (nSPS) is 11.1. The Morgan fingerprint density at radius 1 is 0.733 bits per heavy atom. The van der Waals surface area contributed by atoms with Gasteiger partial charge in [0.05, 0.1) is 5.69 Å². The van der Waals surface area contributed by atoms with Gasteiger partial charge in [-0.25, -0.2) is 0 Å². The third kappa shape index (κ3) is 4.20. The average molecular weight is 511 g/mol. The topological polar surface area (TPSA) is 4.93 Å². The Morgan fingerprint density at radius 2 is 1.17 bits per heavy atom. The second-order valence-electron chi connectivity index (χ2n) is 6.86. The van der Waals surface area contributed by atoms with Crippen molar-refractivity contribution in [3.63, 3.8) is 0 Å². The van der Waals surface area contributed by atoms with Crippen LogP contribution in [0.1, 0.15) is 10.6 Å². The fourth-order valence-electron chi connectivity index (χ4n) is 3.47. The van der Waals surface area contributed by atoms with Gasteiger partial charge in [-0.2, -0.15) is 0 Å². The predicted molar refractivity (Wildman–Crippen MR) is 135 cm³/mol. The molecule has 0 aliphatic heterocycles. The molecule has 0 aliphatic carbocycles. The van der Waals surface area contributed by atoms with Crippen molar-refractivity contribution in [1.82, 2.24) is 4.57 Å². The van der Waals surface area contributed by atoms with E-state index in [9.17, 15) is 0 Å². The predicted octanol–water partition coefficient (Wildman–Crippen LogP) is 9.83. The minimum atomic E-state index is 0.571. The van der Waals surface area contributed by atoms with Crippen LogP contribution in [0, 0.1) is 17.8 Å². The highest BCUT2D eigenvalue weighted by Crippen LogP contribution is 2.40. The quantitative estimate of drug-likeness (QED) is 0.248. The SMILES string of the molecule is Cc1sc(=S)n(-c2c(-c3cc(Cl)cc(Cl)c3)cccc2-c2cc(Cl)cc(Cl)c2)c1C. The van der Waals surface area contributed by atoms with E-state index in [0.717, 1.165) is 42.5 Å². The first-order valence-electron chi connectivity index (χ1n) is 9.00. The van der Waals surface area contributed by atoms with E-state index < -0.39 is 0 Å². The summed E-state index contributed by atoms with van der Waals surface area (Å²) in [4.78, 5) is 1.16. The Kier molecular flexibility index (Phi) is 6.32. The molecule has 0 saturated carbocycles. The van der Waals surface area contributed by atoms with Crippen LogP contribution in [0.25, 0.3) is 27.9 Å². The fourth-order valence-corrected chi connectivity index (χ4v) is 5.95. The van der Waals surface area contributed by atoms with Crippen LogP contribution in [0.5, 0.6) is 0 Å². The summed E-state index contributed by atoms with van der Waals surface area (Å²) in [6.07, 6.45) is 0. The molecule has 152 valence electrons. The third-order valence-electron chi connectivity index (χ3n) is 4.87. The number of aryl methyl sites for hydroxylation is 1. The number of halogens is 4. The molecule has 0 aliphatic rings. The van der Waals surface area contributed by atoms with Gasteiger partial charge in [-0.3, -0.25) is 4.57 Å². The largest absolute Gasteiger partial charge is 0.295 e. The summed E-state index contributed by atoms with van der Waals surface area (Å²) in [6, 6.07) is 17.1. The zero-order valence-corrected chi connectivity index (χ0v) is 20.6. The molecule has 4 aromatic rings. The van der Waals surface area contributed by atoms with Gasteiger partial charge in [0.15, 0.2) is 3.95 Å². The lowest BCUT2D eigenvalue weighted by molar-refractivity contribution is 0.998. The average Bonchev–Trinajstić information content (AvgIpc) is 2.91. The van der Waals surface area contributed by atoms with E-state index >= 15 is 0 Å². The third-order valence-corrected chi connectivity index (χ3v) is 7.14. The molecule has 4 rings (SSSR count). The van der Waals surface area contributed by atoms with Gasteiger partial charge in [0.2, 0.25) is 0 Å². The Bertz CT molecular complexity index is 1230. The molecular formula is C23H15Cl4NS2. The van der Waals surface area contributed by atoms with Crippen LogP contribution in [-0.2, 0) is 0 Å². The number of para-hydroxylation sites is 1. The van der Waals surface area contributed by atoms with Crippen molar-refractivity contribution < 1.29 is 0 Å². The monoisotopic (exact) mass is 509 g/mol. The molecule has 7 heteroatoms. The number of hydrogen-bond acceptors (Lipinski definition) is 2. The van der Waals surface area contributed by atoms with Gasteiger partial charge >= 0.3 is 0 Å². The van der Waals surface area contributed by atoms with Crippen molar-refractivity contribution in [2.45, 2.75) is 13.8 Å². The van der Waals surface area contributed by atoms with Gasteiger partial charge in [-0.05, 0) is 73.6 Å². The van der Waals surface area contributed by atoms with Crippen molar-refractivity contribution in [3.05, 3.63) is 89.2 Å². The van der Waals surface area contributed by atoms with Gasteiger partial charge in [0.25, 0.3) is 0 Å². The lowest BCUT2D eigenvalue weighted by atomic mass is 9.95. The molecule has 1 aromatic heterocycles. The lowest BCUT2D eigenvalue weighted by Crippen LogP contribution is -2.03. The highest BCUT2D eigenvalue weighted by molar-refractivity contribution is 7.73. The highest BCUT2D eigenvalue weighted by atomic mass is 35.5. The molecule has 0 fully saturated rings. The maximum absolute atomic E-state index is 6.32. The number of hydrogen-bond donors (Lipinski definition) is 0. The number of benzene rings is 3. The van der Waals surface area contributed by atoms with Crippen LogP contribution in [0.4, 0.5) is 0 Å². The van der Waals surface area contributed by atoms with Crippen LogP contribution in [-0.4, -0.2) is 4.57 Å². The molecule has 3 aromatic carbocycles. The number of rotatable bonds is 3. The zero-order chi connectivity index (χ0) is 21.6. The van der Waals surface area contributed by atoms with Gasteiger partial charge in [0.1, 0.15) is 0 Å². The van der Waals surface area contributed by atoms with E-state index in [1.807, 2.05) is 42.5 Å². The molecule has 0 radical (unpaired) electrons. The van der Waals surface area contributed by atoms with Crippen molar-refractivity contribution in [1.29, 1.82) is 0 Å². The van der Waals surface area contributed by atoms with Crippen LogP contribution in [0.3, 0.4) is 0 Å². The molecule has 0 N–H and O–H groups in total. The molecule has 0 atom stereocenters. The minimum absolute atomic E-state index is 0.571. The molecule has 1 nitrogen and oxygen atoms in total. The maximum Gasteiger partial charge on any atom is 0.166 e. The van der Waals surface area contributed by atoms with Gasteiger partial charge in [-0.15, -0.1) is 11.3 Å². The van der Waals surface area contributed by atoms with E-state index in [4.69, 9.17) is 58.6 Å². The first kappa shape index (κ1) is 21.9. The Morgan fingerprint density at radius 3 is 1.53 bits per heavy atom. The Labute approximate surface area is 204 Å². The smallest absolute Gasteiger partial charge is 0.166 e. The molecule has 0 amide bonds. The van der Waals surface area contributed by atoms with E-state index in [0.29, 0.717) is 20.1 Å². The highest BCUT2D eigenvalue weighted by Gasteiger charge is 2.19. The summed E-state index contributed by atoms with van der Waals surface area (Å²) in [7, 11) is 0. The van der Waals surface area contributed by atoms with Crippen molar-refractivity contribution in [3.8, 4) is 27.9 Å². The van der Waals surface area contributed by atoms with Gasteiger partial charge < -0.3 is 0 Å². The van der Waals surface area contributed by atoms with Gasteiger partial charge in [0, 0.05) is 41.8 Å². The second-order valence-corrected chi connectivity index (χ2v) is 10.5. The number of aromatic nitrogens is 1. The van der Waals surface area contributed by atoms with Gasteiger partial charge in [-0.1, -0.05) is 64.6 Å². The van der Waals surface area contributed by atoms with Crippen molar-refractivity contribution >= 4 is 70.0 Å². The summed E-state index contributed by atoms with van der Waals surface area (Å²) in [6.45, 7) is 4.14. The Hall–Kier alpha value is -1.33. The molecular weight excluding hydrogens is 496 g/mol. The maximum atomic E-state index is 6.32. The minimum Gasteiger partial charge on any atom is -0.295 e. The van der Waals surface area contributed by atoms with Crippen LogP contribution >= 0.6 is 70.0 Å². The lowest BCUT2D eigenvalue weighted by Gasteiger charge is -2.19. The van der Waals surface area contributed by atoms with E-state index in [2.05, 4.69) is 18.4 Å². The second kappa shape index (κ2) is 8.66. The molecule has 30 heavy (non-hydrogen) atoms. The summed E-state index contributed by atoms with van der Waals surface area (Å²) in [5, 5.41) is 2.28. The van der Waals surface area contributed by atoms with E-state index in [-0.39, 0.29) is 0 Å². The molecule has 0 bridgehead atoms. The fraction of sp³-hybridized carbons (Fsp3) is 0.0870. The molecule has 0 saturated heterocycles. The molecule has 1 heterocycles. The first-order chi connectivity index (χ1) is 14.2. The molecule has 0 unspecified atom stereocenters. The molecule has 0 spiro atoms. The van der Waals surface area contributed by atoms with Crippen molar-refractivity contribution in [2.24, 2.45) is 0 Å². The van der Waals surface area contributed by atoms with E-state index in [1.54, 1.807) is 23.5 Å². The number of nitrogens with zero attached hydrogens (tertiary/aromatic N) is 1. The standard InChI is InChI=1S/C23H15Cl4NS2/c1-12-13(2)30-23(29)28(12)22-20(14-6-16(24)10-17(25)7-14)4-3-5-21(22)15-8-18(26)11-19(27)9-15/h3-11H,1-2H3.